The predicted octanol–water partition coefficient (Wildman–Crippen LogP) is 3.87. The number of carbonyl (C=O) groups is 1. The third kappa shape index (κ3) is 3.80. The van der Waals surface area contributed by atoms with Crippen molar-refractivity contribution < 1.29 is 13.6 Å². The van der Waals surface area contributed by atoms with Crippen molar-refractivity contribution in [3.63, 3.8) is 0 Å². The Morgan fingerprint density at radius 2 is 1.79 bits per heavy atom. The van der Waals surface area contributed by atoms with Gasteiger partial charge in [-0.1, -0.05) is 18.2 Å². The highest BCUT2D eigenvalue weighted by atomic mass is 19.1. The summed E-state index contributed by atoms with van der Waals surface area (Å²) < 4.78 is 28.1. The van der Waals surface area contributed by atoms with Gasteiger partial charge >= 0.3 is 0 Å². The van der Waals surface area contributed by atoms with E-state index in [1.54, 1.807) is 24.4 Å². The second-order valence-corrected chi connectivity index (χ2v) is 6.09. The number of benzene rings is 2. The molecule has 4 aromatic rings. The van der Waals surface area contributed by atoms with Crippen LogP contribution >= 0.6 is 0 Å². The van der Waals surface area contributed by atoms with Crippen LogP contribution in [0, 0.1) is 11.6 Å². The maximum absolute atomic E-state index is 13.3. The molecule has 0 aliphatic rings. The Balaban J connectivity index is 1.55. The minimum absolute atomic E-state index is 0.178. The number of nitrogens with zero attached hydrogens (tertiary/aromatic N) is 3. The number of hydrogen-bond acceptors (Lipinski definition) is 4. The molecule has 2 heterocycles. The molecule has 0 bridgehead atoms. The van der Waals surface area contributed by atoms with E-state index in [0.29, 0.717) is 28.3 Å². The average Bonchev–Trinajstić information content (AvgIpc) is 3.10. The lowest BCUT2D eigenvalue weighted by Crippen LogP contribution is -2.12. The molecule has 0 fully saturated rings. The SMILES string of the molecule is O=C(Nc1ccccc1)c1cnn2ccc(NCc3cc(F)cc(F)c3)nc12. The summed E-state index contributed by atoms with van der Waals surface area (Å²) in [4.78, 5) is 16.9. The number of hydrogen-bond donors (Lipinski definition) is 2. The summed E-state index contributed by atoms with van der Waals surface area (Å²) in [5, 5.41) is 9.92. The van der Waals surface area contributed by atoms with Crippen molar-refractivity contribution in [2.24, 2.45) is 0 Å². The zero-order chi connectivity index (χ0) is 19.5. The predicted molar refractivity (Wildman–Crippen MR) is 101 cm³/mol. The van der Waals surface area contributed by atoms with Crippen molar-refractivity contribution in [3.8, 4) is 0 Å². The summed E-state index contributed by atoms with van der Waals surface area (Å²) in [6.45, 7) is 0.178. The molecular formula is C20H15F2N5O. The van der Waals surface area contributed by atoms with Gasteiger partial charge in [-0.15, -0.1) is 0 Å². The van der Waals surface area contributed by atoms with Gasteiger partial charge < -0.3 is 10.6 Å². The molecule has 140 valence electrons. The lowest BCUT2D eigenvalue weighted by molar-refractivity contribution is 0.102. The third-order valence-electron chi connectivity index (χ3n) is 4.04. The van der Waals surface area contributed by atoms with Gasteiger partial charge in [-0.2, -0.15) is 5.10 Å². The van der Waals surface area contributed by atoms with Crippen molar-refractivity contribution in [2.75, 3.05) is 10.6 Å². The molecule has 8 heteroatoms. The maximum Gasteiger partial charge on any atom is 0.261 e. The van der Waals surface area contributed by atoms with Gasteiger partial charge in [0.05, 0.1) is 6.20 Å². The fourth-order valence-corrected chi connectivity index (χ4v) is 2.75. The number of nitrogens with one attached hydrogen (secondary N) is 2. The summed E-state index contributed by atoms with van der Waals surface area (Å²) in [6.07, 6.45) is 3.09. The number of aromatic nitrogens is 3. The molecule has 0 atom stereocenters. The summed E-state index contributed by atoms with van der Waals surface area (Å²) in [7, 11) is 0. The van der Waals surface area contributed by atoms with Crippen molar-refractivity contribution in [1.29, 1.82) is 0 Å². The smallest absolute Gasteiger partial charge is 0.261 e. The van der Waals surface area contributed by atoms with E-state index >= 15 is 0 Å². The van der Waals surface area contributed by atoms with Crippen LogP contribution in [0.25, 0.3) is 5.65 Å². The number of halogens is 2. The van der Waals surface area contributed by atoms with Gasteiger partial charge in [0.2, 0.25) is 0 Å². The van der Waals surface area contributed by atoms with Crippen molar-refractivity contribution >= 4 is 23.1 Å². The van der Waals surface area contributed by atoms with Gasteiger partial charge in [-0.25, -0.2) is 18.3 Å². The molecule has 0 aliphatic heterocycles. The first kappa shape index (κ1) is 17.6. The Labute approximate surface area is 158 Å². The van der Waals surface area contributed by atoms with E-state index in [4.69, 9.17) is 0 Å². The van der Waals surface area contributed by atoms with E-state index in [0.717, 1.165) is 6.07 Å². The Bertz CT molecular complexity index is 1120. The van der Waals surface area contributed by atoms with Crippen molar-refractivity contribution in [3.05, 3.63) is 89.8 Å². The van der Waals surface area contributed by atoms with Gasteiger partial charge in [0.25, 0.3) is 5.91 Å². The molecule has 0 unspecified atom stereocenters. The molecule has 0 saturated carbocycles. The number of rotatable bonds is 5. The van der Waals surface area contributed by atoms with Crippen molar-refractivity contribution in [2.45, 2.75) is 6.54 Å². The molecule has 0 radical (unpaired) electrons. The van der Waals surface area contributed by atoms with Crippen LogP contribution in [0.5, 0.6) is 0 Å². The van der Waals surface area contributed by atoms with Gasteiger partial charge in [0.1, 0.15) is 23.0 Å². The number of anilines is 2. The van der Waals surface area contributed by atoms with E-state index < -0.39 is 11.6 Å². The minimum atomic E-state index is -0.643. The van der Waals surface area contributed by atoms with E-state index in [2.05, 4.69) is 20.7 Å². The van der Waals surface area contributed by atoms with Crippen LogP contribution < -0.4 is 10.6 Å². The van der Waals surface area contributed by atoms with Gasteiger partial charge in [0, 0.05) is 24.5 Å². The van der Waals surface area contributed by atoms with Crippen LogP contribution in [0.15, 0.2) is 67.0 Å². The second kappa shape index (κ2) is 7.43. The van der Waals surface area contributed by atoms with Crippen molar-refractivity contribution in [1.82, 2.24) is 14.6 Å². The largest absolute Gasteiger partial charge is 0.366 e. The molecule has 4 rings (SSSR count). The normalized spacial score (nSPS) is 10.8. The highest BCUT2D eigenvalue weighted by Crippen LogP contribution is 2.16. The summed E-state index contributed by atoms with van der Waals surface area (Å²) >= 11 is 0. The Morgan fingerprint density at radius 1 is 1.04 bits per heavy atom. The minimum Gasteiger partial charge on any atom is -0.366 e. The van der Waals surface area contributed by atoms with E-state index in [1.165, 1.54) is 22.8 Å². The van der Waals surface area contributed by atoms with Crippen LogP contribution in [-0.2, 0) is 6.54 Å². The molecule has 2 aromatic carbocycles. The number of para-hydroxylation sites is 1. The van der Waals surface area contributed by atoms with E-state index in [-0.39, 0.29) is 12.5 Å². The summed E-state index contributed by atoms with van der Waals surface area (Å²) in [6, 6.07) is 14.0. The van der Waals surface area contributed by atoms with Crippen LogP contribution in [0.3, 0.4) is 0 Å². The lowest BCUT2D eigenvalue weighted by Gasteiger charge is -2.07. The first-order chi connectivity index (χ1) is 13.6. The molecule has 1 amide bonds. The highest BCUT2D eigenvalue weighted by molar-refractivity contribution is 6.08. The van der Waals surface area contributed by atoms with Crippen LogP contribution in [0.2, 0.25) is 0 Å². The molecular weight excluding hydrogens is 364 g/mol. The maximum atomic E-state index is 13.3. The Morgan fingerprint density at radius 3 is 2.54 bits per heavy atom. The highest BCUT2D eigenvalue weighted by Gasteiger charge is 2.15. The number of amides is 1. The van der Waals surface area contributed by atoms with Crippen LogP contribution in [0.4, 0.5) is 20.3 Å². The lowest BCUT2D eigenvalue weighted by atomic mass is 10.2. The first-order valence-corrected chi connectivity index (χ1v) is 8.48. The topological polar surface area (TPSA) is 71.3 Å². The number of carbonyl (C=O) groups excluding carboxylic acids is 1. The molecule has 0 spiro atoms. The first-order valence-electron chi connectivity index (χ1n) is 8.48. The van der Waals surface area contributed by atoms with Gasteiger partial charge in [-0.05, 0) is 35.9 Å². The second-order valence-electron chi connectivity index (χ2n) is 6.09. The van der Waals surface area contributed by atoms with Crippen LogP contribution in [0.1, 0.15) is 15.9 Å². The molecule has 2 N–H and O–H groups in total. The molecule has 0 aliphatic carbocycles. The Hall–Kier alpha value is -3.81. The summed E-state index contributed by atoms with van der Waals surface area (Å²) in [5.74, 6) is -1.17. The Kier molecular flexibility index (Phi) is 4.67. The molecule has 2 aromatic heterocycles. The monoisotopic (exact) mass is 379 g/mol. The fraction of sp³-hybridized carbons (Fsp3) is 0.0500. The van der Waals surface area contributed by atoms with Gasteiger partial charge in [0.15, 0.2) is 5.65 Å². The van der Waals surface area contributed by atoms with Gasteiger partial charge in [-0.3, -0.25) is 4.79 Å². The zero-order valence-electron chi connectivity index (χ0n) is 14.6. The molecule has 6 nitrogen and oxygen atoms in total. The fourth-order valence-electron chi connectivity index (χ4n) is 2.75. The quantitative estimate of drug-likeness (QED) is 0.552. The molecule has 0 saturated heterocycles. The summed E-state index contributed by atoms with van der Waals surface area (Å²) in [5.41, 5.74) is 1.78. The van der Waals surface area contributed by atoms with E-state index in [9.17, 15) is 13.6 Å². The average molecular weight is 379 g/mol. The standard InChI is InChI=1S/C20H15F2N5O/c21-14-8-13(9-15(22)10-14)11-23-18-6-7-27-19(26-18)17(12-24-27)20(28)25-16-4-2-1-3-5-16/h1-10,12H,11H2,(H,23,26)(H,25,28). The molecule has 28 heavy (non-hydrogen) atoms. The zero-order valence-corrected chi connectivity index (χ0v) is 14.6. The van der Waals surface area contributed by atoms with Crippen LogP contribution in [-0.4, -0.2) is 20.5 Å². The third-order valence-corrected chi connectivity index (χ3v) is 4.04. The number of fused-ring (bicyclic) bond motifs is 1. The van der Waals surface area contributed by atoms with E-state index in [1.807, 2.05) is 18.2 Å².